The van der Waals surface area contributed by atoms with E-state index in [1.54, 1.807) is 6.92 Å². The molecule has 0 aromatic carbocycles. The van der Waals surface area contributed by atoms with E-state index >= 15 is 0 Å². The van der Waals surface area contributed by atoms with Crippen molar-refractivity contribution in [1.82, 2.24) is 35.3 Å². The van der Waals surface area contributed by atoms with Gasteiger partial charge < -0.3 is 4.42 Å². The van der Waals surface area contributed by atoms with Crippen LogP contribution in [0.25, 0.3) is 0 Å². The van der Waals surface area contributed by atoms with Gasteiger partial charge in [-0.05, 0) is 36.7 Å². The summed E-state index contributed by atoms with van der Waals surface area (Å²) in [5.41, 5.74) is 0. The molecule has 0 saturated carbocycles. The number of likely N-dealkylation sites (tertiary alicyclic amines) is 1. The van der Waals surface area contributed by atoms with Crippen LogP contribution in [0.1, 0.15) is 43.3 Å². The predicted octanol–water partition coefficient (Wildman–Crippen LogP) is 1.69. The molecule has 0 bridgehead atoms. The molecule has 2 aromatic rings. The van der Waals surface area contributed by atoms with Crippen molar-refractivity contribution in [1.29, 1.82) is 0 Å². The lowest BCUT2D eigenvalue weighted by atomic mass is 9.90. The maximum Gasteiger partial charge on any atom is 0.408 e. The largest absolute Gasteiger partial charge is 0.425 e. The Bertz CT molecular complexity index is 683. The van der Waals surface area contributed by atoms with Crippen molar-refractivity contribution in [3.8, 4) is 0 Å². The average molecular weight is 345 g/mol. The predicted molar refractivity (Wildman–Crippen MR) is 74.8 cm³/mol. The lowest BCUT2D eigenvalue weighted by Crippen LogP contribution is -2.42. The van der Waals surface area contributed by atoms with Crippen LogP contribution in [0.15, 0.2) is 4.42 Å². The summed E-state index contributed by atoms with van der Waals surface area (Å²) in [6.45, 7) is 3.54. The Hall–Kier alpha value is -2.04. The van der Waals surface area contributed by atoms with E-state index in [2.05, 4.69) is 25.7 Å². The van der Waals surface area contributed by atoms with Gasteiger partial charge in [-0.3, -0.25) is 4.90 Å². The van der Waals surface area contributed by atoms with Crippen molar-refractivity contribution in [2.45, 2.75) is 57.9 Å². The topological polar surface area (TPSA) is 85.8 Å². The van der Waals surface area contributed by atoms with Crippen LogP contribution >= 0.6 is 0 Å². The summed E-state index contributed by atoms with van der Waals surface area (Å²) >= 11 is 0. The number of tetrazole rings is 1. The molecule has 1 saturated heterocycles. The Kier molecular flexibility index (Phi) is 4.52. The molecule has 0 spiro atoms. The lowest BCUT2D eigenvalue weighted by Gasteiger charge is -2.37. The highest BCUT2D eigenvalue weighted by Crippen LogP contribution is 2.32. The van der Waals surface area contributed by atoms with Gasteiger partial charge in [-0.1, -0.05) is 0 Å². The highest BCUT2D eigenvalue weighted by atomic mass is 19.4. The lowest BCUT2D eigenvalue weighted by molar-refractivity contribution is -0.143. The highest BCUT2D eigenvalue weighted by molar-refractivity contribution is 5.00. The van der Waals surface area contributed by atoms with Gasteiger partial charge in [0.1, 0.15) is 6.54 Å². The third kappa shape index (κ3) is 3.71. The first-order chi connectivity index (χ1) is 11.3. The van der Waals surface area contributed by atoms with Crippen LogP contribution in [0.2, 0.25) is 0 Å². The highest BCUT2D eigenvalue weighted by Gasteiger charge is 2.35. The number of piperidine rings is 1. The maximum atomic E-state index is 12.6. The van der Waals surface area contributed by atoms with Crippen molar-refractivity contribution >= 4 is 0 Å². The van der Waals surface area contributed by atoms with E-state index < -0.39 is 12.7 Å². The summed E-state index contributed by atoms with van der Waals surface area (Å²) < 4.78 is 44.1. The van der Waals surface area contributed by atoms with Crippen LogP contribution in [-0.2, 0) is 13.1 Å². The molecular formula is C13H18F3N7O. The number of alkyl halides is 3. The third-order valence-electron chi connectivity index (χ3n) is 4.26. The number of aryl methyl sites for hydroxylation is 1. The number of aromatic nitrogens is 6. The van der Waals surface area contributed by atoms with Crippen molar-refractivity contribution in [3.05, 3.63) is 17.6 Å². The summed E-state index contributed by atoms with van der Waals surface area (Å²) in [5, 5.41) is 18.5. The normalized spacial score (nSPS) is 22.9. The summed E-state index contributed by atoms with van der Waals surface area (Å²) in [6, 6.07) is 0.0367. The molecule has 1 aliphatic heterocycles. The standard InChI is InChI=1S/C13H18F3N7O/c1-8-10(12-19-17-9(2)24-12)4-3-5-22(8)6-11-18-20-21-23(11)7-13(14,15)16/h8,10H,3-7H2,1-2H3/t8-,10-/m0/s1. The summed E-state index contributed by atoms with van der Waals surface area (Å²) in [5.74, 6) is 1.32. The van der Waals surface area contributed by atoms with Gasteiger partial charge in [0.15, 0.2) is 5.82 Å². The van der Waals surface area contributed by atoms with E-state index in [1.807, 2.05) is 11.8 Å². The molecule has 0 aliphatic carbocycles. The summed E-state index contributed by atoms with van der Waals surface area (Å²) in [4.78, 5) is 2.05. The molecule has 2 atom stereocenters. The van der Waals surface area contributed by atoms with E-state index in [9.17, 15) is 13.2 Å². The van der Waals surface area contributed by atoms with Crippen LogP contribution in [0.4, 0.5) is 13.2 Å². The Balaban J connectivity index is 1.72. The van der Waals surface area contributed by atoms with Crippen LogP contribution in [0.5, 0.6) is 0 Å². The number of hydrogen-bond donors (Lipinski definition) is 0. The van der Waals surface area contributed by atoms with Crippen LogP contribution in [0, 0.1) is 6.92 Å². The Morgan fingerprint density at radius 2 is 2.04 bits per heavy atom. The van der Waals surface area contributed by atoms with Crippen molar-refractivity contribution < 1.29 is 17.6 Å². The zero-order chi connectivity index (χ0) is 17.3. The molecule has 0 N–H and O–H groups in total. The average Bonchev–Trinajstić information content (AvgIpc) is 3.09. The molecular weight excluding hydrogens is 327 g/mol. The molecule has 132 valence electrons. The van der Waals surface area contributed by atoms with Gasteiger partial charge in [-0.2, -0.15) is 13.2 Å². The SMILES string of the molecule is Cc1nnc([C@H]2CCCN(Cc3nnnn3CC(F)(F)F)[C@H]2C)o1. The monoisotopic (exact) mass is 345 g/mol. The fourth-order valence-electron chi connectivity index (χ4n) is 3.04. The minimum Gasteiger partial charge on any atom is -0.425 e. The Labute approximate surface area is 136 Å². The summed E-state index contributed by atoms with van der Waals surface area (Å²) in [6.07, 6.45) is -2.58. The van der Waals surface area contributed by atoms with Crippen LogP contribution in [0.3, 0.4) is 0 Å². The van der Waals surface area contributed by atoms with Gasteiger partial charge in [0, 0.05) is 13.0 Å². The van der Waals surface area contributed by atoms with Gasteiger partial charge >= 0.3 is 6.18 Å². The van der Waals surface area contributed by atoms with E-state index in [-0.39, 0.29) is 24.3 Å². The molecule has 0 radical (unpaired) electrons. The van der Waals surface area contributed by atoms with Crippen LogP contribution in [-0.4, -0.2) is 54.1 Å². The first kappa shape index (κ1) is 16.8. The van der Waals surface area contributed by atoms with Gasteiger partial charge in [0.25, 0.3) is 0 Å². The van der Waals surface area contributed by atoms with Crippen molar-refractivity contribution in [2.24, 2.45) is 0 Å². The van der Waals surface area contributed by atoms with E-state index in [0.717, 1.165) is 24.1 Å². The minimum absolute atomic E-state index is 0.0367. The Morgan fingerprint density at radius 3 is 2.71 bits per heavy atom. The van der Waals surface area contributed by atoms with Crippen molar-refractivity contribution in [2.75, 3.05) is 6.54 Å². The second kappa shape index (κ2) is 6.46. The number of hydrogen-bond acceptors (Lipinski definition) is 7. The zero-order valence-electron chi connectivity index (χ0n) is 13.4. The second-order valence-corrected chi connectivity index (χ2v) is 5.99. The van der Waals surface area contributed by atoms with Crippen LogP contribution < -0.4 is 0 Å². The zero-order valence-corrected chi connectivity index (χ0v) is 13.4. The molecule has 1 fully saturated rings. The third-order valence-corrected chi connectivity index (χ3v) is 4.26. The van der Waals surface area contributed by atoms with Gasteiger partial charge in [-0.25, -0.2) is 4.68 Å². The molecule has 3 rings (SSSR count). The van der Waals surface area contributed by atoms with E-state index in [1.165, 1.54) is 0 Å². The fourth-order valence-corrected chi connectivity index (χ4v) is 3.04. The first-order valence-electron chi connectivity index (χ1n) is 7.69. The molecule has 24 heavy (non-hydrogen) atoms. The first-order valence-corrected chi connectivity index (χ1v) is 7.69. The van der Waals surface area contributed by atoms with Gasteiger partial charge in [-0.15, -0.1) is 15.3 Å². The number of nitrogens with zero attached hydrogens (tertiary/aromatic N) is 7. The second-order valence-electron chi connectivity index (χ2n) is 5.99. The van der Waals surface area contributed by atoms with Gasteiger partial charge in [0.2, 0.25) is 11.8 Å². The summed E-state index contributed by atoms with van der Waals surface area (Å²) in [7, 11) is 0. The minimum atomic E-state index is -4.36. The fraction of sp³-hybridized carbons (Fsp3) is 0.769. The molecule has 3 heterocycles. The number of halogens is 3. The maximum absolute atomic E-state index is 12.6. The van der Waals surface area contributed by atoms with E-state index in [0.29, 0.717) is 11.8 Å². The molecule has 11 heteroatoms. The van der Waals surface area contributed by atoms with Gasteiger partial charge in [0.05, 0.1) is 12.5 Å². The molecule has 8 nitrogen and oxygen atoms in total. The number of rotatable bonds is 4. The molecule has 0 unspecified atom stereocenters. The van der Waals surface area contributed by atoms with Crippen molar-refractivity contribution in [3.63, 3.8) is 0 Å². The molecule has 1 aliphatic rings. The molecule has 2 aromatic heterocycles. The van der Waals surface area contributed by atoms with E-state index in [4.69, 9.17) is 4.42 Å². The molecule has 0 amide bonds. The Morgan fingerprint density at radius 1 is 1.25 bits per heavy atom. The smallest absolute Gasteiger partial charge is 0.408 e. The quantitative estimate of drug-likeness (QED) is 0.833.